The number of nitrogens with zero attached hydrogens (tertiary/aromatic N) is 4. The van der Waals surface area contributed by atoms with Gasteiger partial charge in [-0.05, 0) is 26.0 Å². The van der Waals surface area contributed by atoms with Crippen molar-refractivity contribution >= 4 is 5.91 Å². The molecule has 8 nitrogen and oxygen atoms in total. The van der Waals surface area contributed by atoms with Crippen LogP contribution in [0.4, 0.5) is 0 Å². The van der Waals surface area contributed by atoms with Gasteiger partial charge in [-0.15, -0.1) is 0 Å². The fourth-order valence-corrected chi connectivity index (χ4v) is 3.29. The molecule has 0 spiro atoms. The molecule has 8 heteroatoms. The van der Waals surface area contributed by atoms with Gasteiger partial charge in [0.1, 0.15) is 5.69 Å². The Morgan fingerprint density at radius 1 is 1.31 bits per heavy atom. The number of nitrogens with one attached hydrogen (secondary N) is 1. The Kier molecular flexibility index (Phi) is 4.26. The number of aryl methyl sites for hydroxylation is 2. The van der Waals surface area contributed by atoms with Crippen LogP contribution in [-0.4, -0.2) is 50.9 Å². The molecule has 1 atom stereocenters. The Bertz CT molecular complexity index is 899. The summed E-state index contributed by atoms with van der Waals surface area (Å²) < 4.78 is 10.9. The van der Waals surface area contributed by atoms with Crippen molar-refractivity contribution in [3.8, 4) is 11.4 Å². The molecule has 0 bridgehead atoms. The number of pyridine rings is 1. The van der Waals surface area contributed by atoms with Gasteiger partial charge in [0.2, 0.25) is 5.76 Å². The number of hydrogen-bond donors (Lipinski definition) is 1. The molecule has 1 N–H and O–H groups in total. The van der Waals surface area contributed by atoms with E-state index >= 15 is 0 Å². The molecule has 3 aromatic heterocycles. The van der Waals surface area contributed by atoms with E-state index in [-0.39, 0.29) is 17.7 Å². The molecule has 3 aromatic rings. The Balaban J connectivity index is 1.63. The molecule has 1 aliphatic rings. The lowest BCUT2D eigenvalue weighted by atomic mass is 10.0. The van der Waals surface area contributed by atoms with Crippen LogP contribution < -0.4 is 0 Å². The van der Waals surface area contributed by atoms with Crippen LogP contribution in [0.25, 0.3) is 11.4 Å². The quantitative estimate of drug-likeness (QED) is 0.776. The van der Waals surface area contributed by atoms with Crippen molar-refractivity contribution in [2.75, 3.05) is 19.8 Å². The number of rotatable bonds is 3. The molecular weight excluding hydrogens is 334 g/mol. The molecule has 0 saturated carbocycles. The molecule has 1 aliphatic heterocycles. The minimum absolute atomic E-state index is 0.191. The lowest BCUT2D eigenvalue weighted by molar-refractivity contribution is -0.00496. The van der Waals surface area contributed by atoms with Gasteiger partial charge in [0.25, 0.3) is 5.91 Å². The summed E-state index contributed by atoms with van der Waals surface area (Å²) in [5.74, 6) is -0.0238. The zero-order chi connectivity index (χ0) is 18.1. The van der Waals surface area contributed by atoms with Gasteiger partial charge in [0.15, 0.2) is 0 Å². The van der Waals surface area contributed by atoms with Crippen LogP contribution in [0.5, 0.6) is 0 Å². The van der Waals surface area contributed by atoms with Gasteiger partial charge >= 0.3 is 0 Å². The summed E-state index contributed by atoms with van der Waals surface area (Å²) in [7, 11) is 0. The van der Waals surface area contributed by atoms with Crippen LogP contribution >= 0.6 is 0 Å². The first-order chi connectivity index (χ1) is 12.6. The van der Waals surface area contributed by atoms with E-state index in [1.54, 1.807) is 17.2 Å². The molecule has 1 amide bonds. The predicted octanol–water partition coefficient (Wildman–Crippen LogP) is 2.29. The third kappa shape index (κ3) is 2.88. The number of carbonyl (C=O) groups excluding carboxylic acids is 1. The van der Waals surface area contributed by atoms with E-state index in [4.69, 9.17) is 9.26 Å². The minimum atomic E-state index is -0.215. The highest BCUT2D eigenvalue weighted by Gasteiger charge is 2.34. The lowest BCUT2D eigenvalue weighted by Crippen LogP contribution is -2.43. The second-order valence-electron chi connectivity index (χ2n) is 6.23. The molecule has 4 rings (SSSR count). The molecule has 1 saturated heterocycles. The number of amides is 1. The average Bonchev–Trinajstić information content (AvgIpc) is 3.29. The largest absolute Gasteiger partial charge is 0.377 e. The zero-order valence-electron chi connectivity index (χ0n) is 14.6. The molecule has 1 fully saturated rings. The second kappa shape index (κ2) is 6.72. The summed E-state index contributed by atoms with van der Waals surface area (Å²) in [5, 5.41) is 11.2. The van der Waals surface area contributed by atoms with Crippen molar-refractivity contribution < 1.29 is 14.1 Å². The van der Waals surface area contributed by atoms with Crippen LogP contribution in [0, 0.1) is 13.8 Å². The Hall–Kier alpha value is -3.00. The van der Waals surface area contributed by atoms with E-state index in [0.29, 0.717) is 31.1 Å². The molecular formula is C18H19N5O3. The monoisotopic (exact) mass is 353 g/mol. The first-order valence-electron chi connectivity index (χ1n) is 8.43. The van der Waals surface area contributed by atoms with Gasteiger partial charge in [-0.3, -0.25) is 14.9 Å². The lowest BCUT2D eigenvalue weighted by Gasteiger charge is -2.35. The second-order valence-corrected chi connectivity index (χ2v) is 6.23. The normalized spacial score (nSPS) is 17.5. The summed E-state index contributed by atoms with van der Waals surface area (Å²) >= 11 is 0. The fourth-order valence-electron chi connectivity index (χ4n) is 3.29. The van der Waals surface area contributed by atoms with E-state index in [0.717, 1.165) is 17.0 Å². The Labute approximate surface area is 150 Å². The minimum Gasteiger partial charge on any atom is -0.377 e. The summed E-state index contributed by atoms with van der Waals surface area (Å²) in [6, 6.07) is 6.93. The summed E-state index contributed by atoms with van der Waals surface area (Å²) in [6.07, 6.45) is 1.67. The van der Waals surface area contributed by atoms with E-state index in [9.17, 15) is 4.79 Å². The maximum Gasteiger partial charge on any atom is 0.293 e. The molecule has 1 unspecified atom stereocenters. The van der Waals surface area contributed by atoms with Crippen LogP contribution in [0.1, 0.15) is 33.5 Å². The summed E-state index contributed by atoms with van der Waals surface area (Å²) in [4.78, 5) is 19.1. The summed E-state index contributed by atoms with van der Waals surface area (Å²) in [5.41, 5.74) is 3.98. The smallest absolute Gasteiger partial charge is 0.293 e. The van der Waals surface area contributed by atoms with Crippen molar-refractivity contribution in [1.82, 2.24) is 25.2 Å². The number of morpholine rings is 1. The van der Waals surface area contributed by atoms with Gasteiger partial charge < -0.3 is 14.2 Å². The van der Waals surface area contributed by atoms with E-state index < -0.39 is 0 Å². The van der Waals surface area contributed by atoms with Crippen LogP contribution in [0.2, 0.25) is 0 Å². The number of hydrogen-bond acceptors (Lipinski definition) is 6. The first kappa shape index (κ1) is 16.5. The summed E-state index contributed by atoms with van der Waals surface area (Å²) in [6.45, 7) is 5.25. The van der Waals surface area contributed by atoms with Crippen molar-refractivity contribution in [2.45, 2.75) is 19.9 Å². The number of ether oxygens (including phenoxy) is 1. The Morgan fingerprint density at radius 2 is 2.19 bits per heavy atom. The third-order valence-electron chi connectivity index (χ3n) is 4.56. The molecule has 26 heavy (non-hydrogen) atoms. The van der Waals surface area contributed by atoms with E-state index in [1.807, 2.05) is 32.0 Å². The average molecular weight is 353 g/mol. The highest BCUT2D eigenvalue weighted by molar-refractivity contribution is 5.92. The van der Waals surface area contributed by atoms with Gasteiger partial charge in [-0.2, -0.15) is 5.10 Å². The van der Waals surface area contributed by atoms with Crippen LogP contribution in [0.3, 0.4) is 0 Å². The van der Waals surface area contributed by atoms with Gasteiger partial charge in [-0.1, -0.05) is 11.2 Å². The van der Waals surface area contributed by atoms with E-state index in [1.165, 1.54) is 0 Å². The number of H-pyrrole nitrogens is 1. The van der Waals surface area contributed by atoms with Gasteiger partial charge in [0, 0.05) is 30.1 Å². The SMILES string of the molecule is Cc1n[nH]c(C)c1C1COCCN1C(=O)c1cc(-c2ccccn2)no1. The topological polar surface area (TPSA) is 97.1 Å². The van der Waals surface area contributed by atoms with Crippen molar-refractivity contribution in [3.63, 3.8) is 0 Å². The maximum absolute atomic E-state index is 13.1. The molecule has 0 aromatic carbocycles. The molecule has 134 valence electrons. The number of aromatic amines is 1. The van der Waals surface area contributed by atoms with E-state index in [2.05, 4.69) is 20.3 Å². The predicted molar refractivity (Wildman–Crippen MR) is 92.4 cm³/mol. The highest BCUT2D eigenvalue weighted by atomic mass is 16.5. The van der Waals surface area contributed by atoms with Crippen molar-refractivity contribution in [1.29, 1.82) is 0 Å². The highest BCUT2D eigenvalue weighted by Crippen LogP contribution is 2.30. The van der Waals surface area contributed by atoms with Crippen LogP contribution in [-0.2, 0) is 4.74 Å². The van der Waals surface area contributed by atoms with Crippen molar-refractivity contribution in [2.24, 2.45) is 0 Å². The zero-order valence-corrected chi connectivity index (χ0v) is 14.6. The number of aromatic nitrogens is 4. The fraction of sp³-hybridized carbons (Fsp3) is 0.333. The standard InChI is InChI=1S/C18H19N5O3/c1-11-17(12(2)21-20-11)15-10-25-8-7-23(15)18(24)16-9-14(22-26-16)13-5-3-4-6-19-13/h3-6,9,15H,7-8,10H2,1-2H3,(H,20,21). The maximum atomic E-state index is 13.1. The molecule has 0 radical (unpaired) electrons. The van der Waals surface area contributed by atoms with Gasteiger partial charge in [-0.25, -0.2) is 0 Å². The molecule has 0 aliphatic carbocycles. The molecule has 4 heterocycles. The Morgan fingerprint density at radius 3 is 2.92 bits per heavy atom. The first-order valence-corrected chi connectivity index (χ1v) is 8.43. The van der Waals surface area contributed by atoms with Crippen LogP contribution in [0.15, 0.2) is 35.0 Å². The van der Waals surface area contributed by atoms with Gasteiger partial charge in [0.05, 0.1) is 30.6 Å². The third-order valence-corrected chi connectivity index (χ3v) is 4.56. The number of carbonyl (C=O) groups is 1. The van der Waals surface area contributed by atoms with Crippen molar-refractivity contribution in [3.05, 3.63) is 53.2 Å².